The van der Waals surface area contributed by atoms with Crippen molar-refractivity contribution in [1.82, 2.24) is 5.32 Å². The summed E-state index contributed by atoms with van der Waals surface area (Å²) in [4.78, 5) is 12.5. The third-order valence-corrected chi connectivity index (χ3v) is 4.33. The van der Waals surface area contributed by atoms with E-state index in [1.807, 2.05) is 0 Å². The predicted molar refractivity (Wildman–Crippen MR) is 90.1 cm³/mol. The molecule has 1 aliphatic carbocycles. The molecule has 0 heterocycles. The third kappa shape index (κ3) is 4.24. The summed E-state index contributed by atoms with van der Waals surface area (Å²) in [5.41, 5.74) is 0.589. The van der Waals surface area contributed by atoms with E-state index in [1.54, 1.807) is 30.3 Å². The van der Waals surface area contributed by atoms with Gasteiger partial charge in [0.1, 0.15) is 11.6 Å². The molecular weight excluding hydrogens is 385 g/mol. The average molecular weight is 399 g/mol. The van der Waals surface area contributed by atoms with E-state index < -0.39 is 6.10 Å². The highest BCUT2D eigenvalue weighted by Crippen LogP contribution is 2.32. The largest absolute Gasteiger partial charge is 0.475 e. The van der Waals surface area contributed by atoms with E-state index in [-0.39, 0.29) is 17.8 Å². The van der Waals surface area contributed by atoms with Gasteiger partial charge >= 0.3 is 0 Å². The van der Waals surface area contributed by atoms with Crippen LogP contribution in [0.25, 0.3) is 0 Å². The number of rotatable bonds is 5. The van der Waals surface area contributed by atoms with Crippen LogP contribution in [0.2, 0.25) is 5.02 Å². The molecule has 0 aliphatic heterocycles. The van der Waals surface area contributed by atoms with Gasteiger partial charge < -0.3 is 10.1 Å². The summed E-state index contributed by atoms with van der Waals surface area (Å²) in [7, 11) is 0. The lowest BCUT2D eigenvalue weighted by Gasteiger charge is -2.20. The summed E-state index contributed by atoms with van der Waals surface area (Å²) >= 11 is 9.29. The van der Waals surface area contributed by atoms with Crippen LogP contribution in [0.1, 0.15) is 24.5 Å². The summed E-state index contributed by atoms with van der Waals surface area (Å²) < 4.78 is 19.7. The Morgan fingerprint density at radius 3 is 2.57 bits per heavy atom. The first kappa shape index (κ1) is 16.3. The molecule has 0 saturated heterocycles. The molecule has 0 spiro atoms. The van der Waals surface area contributed by atoms with Gasteiger partial charge in [-0.1, -0.05) is 23.7 Å². The molecule has 2 aromatic rings. The summed E-state index contributed by atoms with van der Waals surface area (Å²) in [6.45, 7) is 0. The molecule has 1 N–H and O–H groups in total. The fourth-order valence-corrected chi connectivity index (χ4v) is 2.89. The summed E-state index contributed by atoms with van der Waals surface area (Å²) in [6, 6.07) is 11.0. The molecule has 1 amide bonds. The molecule has 1 unspecified atom stereocenters. The molecular formula is C17H14BrClFNO2. The topological polar surface area (TPSA) is 38.3 Å². The maximum Gasteiger partial charge on any atom is 0.266 e. The maximum absolute atomic E-state index is 13.1. The van der Waals surface area contributed by atoms with Crippen molar-refractivity contribution in [3.05, 3.63) is 63.3 Å². The van der Waals surface area contributed by atoms with E-state index >= 15 is 0 Å². The SMILES string of the molecule is O=C(NC1CC1)C(Oc1ccc(Cl)cc1Br)c1ccc(F)cc1. The molecule has 0 aromatic heterocycles. The number of amides is 1. The quantitative estimate of drug-likeness (QED) is 0.797. The lowest BCUT2D eigenvalue weighted by atomic mass is 10.1. The zero-order valence-corrected chi connectivity index (χ0v) is 14.4. The van der Waals surface area contributed by atoms with Gasteiger partial charge in [0.25, 0.3) is 5.91 Å². The number of carbonyl (C=O) groups is 1. The lowest BCUT2D eigenvalue weighted by Crippen LogP contribution is -2.33. The minimum Gasteiger partial charge on any atom is -0.475 e. The third-order valence-electron chi connectivity index (χ3n) is 3.47. The minimum absolute atomic E-state index is 0.211. The van der Waals surface area contributed by atoms with E-state index in [1.165, 1.54) is 12.1 Å². The molecule has 6 heteroatoms. The van der Waals surface area contributed by atoms with Crippen LogP contribution >= 0.6 is 27.5 Å². The lowest BCUT2D eigenvalue weighted by molar-refractivity contribution is -0.128. The van der Waals surface area contributed by atoms with Crippen molar-refractivity contribution >= 4 is 33.4 Å². The fourth-order valence-electron chi connectivity index (χ4n) is 2.11. The molecule has 3 nitrogen and oxygen atoms in total. The Labute approximate surface area is 146 Å². The molecule has 1 aliphatic rings. The minimum atomic E-state index is -0.853. The summed E-state index contributed by atoms with van der Waals surface area (Å²) in [5, 5.41) is 3.48. The van der Waals surface area contributed by atoms with Crippen molar-refractivity contribution < 1.29 is 13.9 Å². The molecule has 2 aromatic carbocycles. The Hall–Kier alpha value is -1.59. The van der Waals surface area contributed by atoms with Gasteiger partial charge in [0.2, 0.25) is 6.10 Å². The zero-order chi connectivity index (χ0) is 16.4. The molecule has 1 fully saturated rings. The van der Waals surface area contributed by atoms with Gasteiger partial charge in [-0.3, -0.25) is 4.79 Å². The molecule has 23 heavy (non-hydrogen) atoms. The normalized spacial score (nSPS) is 15.1. The van der Waals surface area contributed by atoms with Crippen LogP contribution < -0.4 is 10.1 Å². The van der Waals surface area contributed by atoms with Crippen molar-refractivity contribution in [3.63, 3.8) is 0 Å². The van der Waals surface area contributed by atoms with Crippen molar-refractivity contribution in [2.24, 2.45) is 0 Å². The van der Waals surface area contributed by atoms with Crippen LogP contribution in [-0.2, 0) is 4.79 Å². The van der Waals surface area contributed by atoms with E-state index in [0.29, 0.717) is 20.8 Å². The first-order valence-electron chi connectivity index (χ1n) is 7.20. The monoisotopic (exact) mass is 397 g/mol. The smallest absolute Gasteiger partial charge is 0.266 e. The van der Waals surface area contributed by atoms with Gasteiger partial charge in [0, 0.05) is 16.6 Å². The summed E-state index contributed by atoms with van der Waals surface area (Å²) in [6.07, 6.45) is 1.10. The number of nitrogens with one attached hydrogen (secondary N) is 1. The Morgan fingerprint density at radius 1 is 1.26 bits per heavy atom. The van der Waals surface area contributed by atoms with E-state index in [4.69, 9.17) is 16.3 Å². The number of hydrogen-bond acceptors (Lipinski definition) is 2. The van der Waals surface area contributed by atoms with Gasteiger partial charge in [-0.15, -0.1) is 0 Å². The number of benzene rings is 2. The Balaban J connectivity index is 1.87. The number of ether oxygens (including phenoxy) is 1. The molecule has 1 atom stereocenters. The Kier molecular flexibility index (Phi) is 4.87. The van der Waals surface area contributed by atoms with Gasteiger partial charge in [0.15, 0.2) is 0 Å². The van der Waals surface area contributed by atoms with Gasteiger partial charge in [-0.05, 0) is 59.1 Å². The molecule has 120 valence electrons. The van der Waals surface area contributed by atoms with Crippen LogP contribution in [0.15, 0.2) is 46.9 Å². The second-order valence-electron chi connectivity index (χ2n) is 5.41. The van der Waals surface area contributed by atoms with Gasteiger partial charge in [0.05, 0.1) is 4.47 Å². The maximum atomic E-state index is 13.1. The van der Waals surface area contributed by atoms with Crippen LogP contribution in [0, 0.1) is 5.82 Å². The molecule has 3 rings (SSSR count). The first-order chi connectivity index (χ1) is 11.0. The Bertz CT molecular complexity index is 719. The molecule has 1 saturated carbocycles. The van der Waals surface area contributed by atoms with Gasteiger partial charge in [-0.2, -0.15) is 0 Å². The number of hydrogen-bond donors (Lipinski definition) is 1. The van der Waals surface area contributed by atoms with Gasteiger partial charge in [-0.25, -0.2) is 4.39 Å². The van der Waals surface area contributed by atoms with Crippen molar-refractivity contribution in [1.29, 1.82) is 0 Å². The van der Waals surface area contributed by atoms with E-state index in [2.05, 4.69) is 21.2 Å². The fraction of sp³-hybridized carbons (Fsp3) is 0.235. The second kappa shape index (κ2) is 6.89. The Morgan fingerprint density at radius 2 is 1.96 bits per heavy atom. The van der Waals surface area contributed by atoms with Crippen LogP contribution in [0.5, 0.6) is 5.75 Å². The second-order valence-corrected chi connectivity index (χ2v) is 6.70. The molecule has 0 radical (unpaired) electrons. The number of carbonyl (C=O) groups excluding carboxylic acids is 1. The first-order valence-corrected chi connectivity index (χ1v) is 8.37. The van der Waals surface area contributed by atoms with E-state index in [0.717, 1.165) is 12.8 Å². The average Bonchev–Trinajstić information content (AvgIpc) is 3.31. The number of halogens is 3. The van der Waals surface area contributed by atoms with Crippen molar-refractivity contribution in [2.45, 2.75) is 25.0 Å². The highest BCUT2D eigenvalue weighted by Gasteiger charge is 2.30. The highest BCUT2D eigenvalue weighted by molar-refractivity contribution is 9.10. The van der Waals surface area contributed by atoms with E-state index in [9.17, 15) is 9.18 Å². The van der Waals surface area contributed by atoms with Crippen molar-refractivity contribution in [3.8, 4) is 5.75 Å². The zero-order valence-electron chi connectivity index (χ0n) is 12.1. The standard InChI is InChI=1S/C17H14BrClFNO2/c18-14-9-11(19)3-8-15(14)23-16(17(22)21-13-6-7-13)10-1-4-12(20)5-2-10/h1-5,8-9,13,16H,6-7H2,(H,21,22). The molecule has 0 bridgehead atoms. The van der Waals surface area contributed by atoms with Crippen LogP contribution in [0.3, 0.4) is 0 Å². The predicted octanol–water partition coefficient (Wildman–Crippen LogP) is 4.64. The van der Waals surface area contributed by atoms with Crippen LogP contribution in [-0.4, -0.2) is 11.9 Å². The van der Waals surface area contributed by atoms with Crippen molar-refractivity contribution in [2.75, 3.05) is 0 Å². The summed E-state index contributed by atoms with van der Waals surface area (Å²) in [5.74, 6) is -0.0987. The highest BCUT2D eigenvalue weighted by atomic mass is 79.9. The van der Waals surface area contributed by atoms with Crippen LogP contribution in [0.4, 0.5) is 4.39 Å².